The zero-order valence-corrected chi connectivity index (χ0v) is 15.1. The van der Waals surface area contributed by atoms with Crippen LogP contribution >= 0.6 is 11.6 Å². The van der Waals surface area contributed by atoms with E-state index in [-0.39, 0.29) is 47.9 Å². The first-order chi connectivity index (χ1) is 12.5. The van der Waals surface area contributed by atoms with Gasteiger partial charge in [-0.15, -0.1) is 0 Å². The number of nitrogens with one attached hydrogen (secondary N) is 1. The predicted molar refractivity (Wildman–Crippen MR) is 96.2 cm³/mol. The van der Waals surface area contributed by atoms with Gasteiger partial charge >= 0.3 is 0 Å². The third kappa shape index (κ3) is 2.19. The van der Waals surface area contributed by atoms with Crippen molar-refractivity contribution in [2.45, 2.75) is 13.3 Å². The summed E-state index contributed by atoms with van der Waals surface area (Å²) in [4.78, 5) is 39.4. The smallest absolute Gasteiger partial charge is 0.244 e. The highest BCUT2D eigenvalue weighted by atomic mass is 35.5. The minimum Gasteiger partial charge on any atom is -0.324 e. The van der Waals surface area contributed by atoms with E-state index in [0.717, 1.165) is 12.0 Å². The molecule has 5 nitrogen and oxygen atoms in total. The van der Waals surface area contributed by atoms with Gasteiger partial charge in [0.2, 0.25) is 17.7 Å². The van der Waals surface area contributed by atoms with E-state index in [9.17, 15) is 14.4 Å². The van der Waals surface area contributed by atoms with Crippen LogP contribution in [0.3, 0.4) is 0 Å². The lowest BCUT2D eigenvalue weighted by Gasteiger charge is -2.37. The molecule has 6 atom stereocenters. The lowest BCUT2D eigenvalue weighted by Crippen LogP contribution is -2.40. The molecule has 2 saturated carbocycles. The minimum atomic E-state index is -0.374. The van der Waals surface area contributed by atoms with Gasteiger partial charge in [0.05, 0.1) is 11.8 Å². The first-order valence-corrected chi connectivity index (χ1v) is 9.43. The van der Waals surface area contributed by atoms with Crippen LogP contribution in [-0.2, 0) is 14.4 Å². The molecule has 134 valence electrons. The van der Waals surface area contributed by atoms with Crippen LogP contribution in [0.25, 0.3) is 0 Å². The summed E-state index contributed by atoms with van der Waals surface area (Å²) >= 11 is 5.98. The van der Waals surface area contributed by atoms with Crippen molar-refractivity contribution in [1.29, 1.82) is 0 Å². The van der Waals surface area contributed by atoms with Gasteiger partial charge in [-0.25, -0.2) is 0 Å². The van der Waals surface area contributed by atoms with Crippen molar-refractivity contribution < 1.29 is 14.4 Å². The fourth-order valence-electron chi connectivity index (χ4n) is 5.24. The molecule has 0 spiro atoms. The third-order valence-electron chi connectivity index (χ3n) is 6.53. The van der Waals surface area contributed by atoms with E-state index >= 15 is 0 Å². The number of allylic oxidation sites excluding steroid dienone is 2. The van der Waals surface area contributed by atoms with E-state index in [1.165, 1.54) is 4.90 Å². The molecule has 3 fully saturated rings. The van der Waals surface area contributed by atoms with Gasteiger partial charge in [0.25, 0.3) is 0 Å². The van der Waals surface area contributed by atoms with Gasteiger partial charge in [-0.2, -0.15) is 0 Å². The fraction of sp³-hybridized carbons (Fsp3) is 0.450. The Balaban J connectivity index is 1.34. The van der Waals surface area contributed by atoms with Crippen LogP contribution in [0.5, 0.6) is 0 Å². The number of aryl methyl sites for hydroxylation is 1. The summed E-state index contributed by atoms with van der Waals surface area (Å²) in [5.74, 6) is 0.219. The van der Waals surface area contributed by atoms with Gasteiger partial charge in [0, 0.05) is 10.7 Å². The highest BCUT2D eigenvalue weighted by Gasteiger charge is 2.67. The summed E-state index contributed by atoms with van der Waals surface area (Å²) in [7, 11) is 0. The van der Waals surface area contributed by atoms with E-state index in [0.29, 0.717) is 22.5 Å². The number of hydrogen-bond acceptors (Lipinski definition) is 3. The summed E-state index contributed by atoms with van der Waals surface area (Å²) in [6, 6.07) is 5.23. The number of rotatable bonds is 3. The Morgan fingerprint density at radius 3 is 2.38 bits per heavy atom. The number of nitrogens with zero attached hydrogens (tertiary/aromatic N) is 1. The molecule has 6 heteroatoms. The van der Waals surface area contributed by atoms with E-state index < -0.39 is 0 Å². The first kappa shape index (κ1) is 16.1. The topological polar surface area (TPSA) is 66.5 Å². The molecule has 1 saturated heterocycles. The van der Waals surface area contributed by atoms with Crippen molar-refractivity contribution in [3.63, 3.8) is 0 Å². The van der Waals surface area contributed by atoms with Crippen LogP contribution < -0.4 is 5.32 Å². The maximum Gasteiger partial charge on any atom is 0.244 e. The van der Waals surface area contributed by atoms with Gasteiger partial charge < -0.3 is 5.32 Å². The predicted octanol–water partition coefficient (Wildman–Crippen LogP) is 2.64. The Morgan fingerprint density at radius 2 is 1.77 bits per heavy atom. The van der Waals surface area contributed by atoms with Crippen LogP contribution in [0.15, 0.2) is 30.4 Å². The molecule has 3 amide bonds. The number of carbonyl (C=O) groups is 3. The summed E-state index contributed by atoms with van der Waals surface area (Å²) < 4.78 is 0. The maximum absolute atomic E-state index is 12.9. The standard InChI is InChI=1S/C20H19ClN2O3/c1-9-2-3-10(21)6-15(9)22-16(24)8-23-19(25)17-11-4-5-12(14-7-13(11)14)18(17)20(23)26/h2-6,11-14,17-18H,7-8H2,1H3,(H,22,24)/t11-,12+,13-,14-,17+,18-/m1/s1. The van der Waals surface area contributed by atoms with Gasteiger partial charge in [0.1, 0.15) is 6.54 Å². The van der Waals surface area contributed by atoms with Crippen LogP contribution in [0.2, 0.25) is 5.02 Å². The van der Waals surface area contributed by atoms with Crippen molar-refractivity contribution in [3.05, 3.63) is 40.9 Å². The number of carbonyl (C=O) groups excluding carboxylic acids is 3. The summed E-state index contributed by atoms with van der Waals surface area (Å²) in [5.41, 5.74) is 1.47. The molecule has 1 heterocycles. The van der Waals surface area contributed by atoms with Crippen LogP contribution in [0.4, 0.5) is 5.69 Å². The number of imide groups is 1. The Morgan fingerprint density at radius 1 is 1.15 bits per heavy atom. The zero-order valence-electron chi connectivity index (χ0n) is 14.3. The first-order valence-electron chi connectivity index (χ1n) is 9.05. The summed E-state index contributed by atoms with van der Waals surface area (Å²) in [6.07, 6.45) is 5.39. The number of hydrogen-bond donors (Lipinski definition) is 1. The molecular weight excluding hydrogens is 352 g/mol. The van der Waals surface area contributed by atoms with Crippen molar-refractivity contribution >= 4 is 35.0 Å². The monoisotopic (exact) mass is 370 g/mol. The van der Waals surface area contributed by atoms with E-state index in [4.69, 9.17) is 11.6 Å². The van der Waals surface area contributed by atoms with Gasteiger partial charge in [-0.1, -0.05) is 29.8 Å². The fourth-order valence-corrected chi connectivity index (χ4v) is 5.41. The third-order valence-corrected chi connectivity index (χ3v) is 6.76. The number of benzene rings is 1. The van der Waals surface area contributed by atoms with Gasteiger partial charge in [-0.05, 0) is 54.7 Å². The highest BCUT2D eigenvalue weighted by molar-refractivity contribution is 6.31. The molecule has 2 bridgehead atoms. The molecule has 1 aliphatic heterocycles. The number of anilines is 1. The second kappa shape index (κ2) is 5.43. The zero-order chi connectivity index (χ0) is 18.2. The average molecular weight is 371 g/mol. The van der Waals surface area contributed by atoms with E-state index in [1.807, 2.05) is 13.0 Å². The Bertz CT molecular complexity index is 844. The highest BCUT2D eigenvalue weighted by Crippen LogP contribution is 2.65. The normalized spacial score (nSPS) is 36.2. The molecule has 1 N–H and O–H groups in total. The number of amides is 3. The van der Waals surface area contributed by atoms with Gasteiger partial charge in [0.15, 0.2) is 0 Å². The summed E-state index contributed by atoms with van der Waals surface area (Å²) in [5, 5.41) is 3.29. The quantitative estimate of drug-likeness (QED) is 0.657. The molecule has 0 aromatic heterocycles. The molecule has 5 aliphatic rings. The Hall–Kier alpha value is -2.14. The molecule has 4 aliphatic carbocycles. The van der Waals surface area contributed by atoms with Crippen molar-refractivity contribution in [2.75, 3.05) is 11.9 Å². The Kier molecular flexibility index (Phi) is 3.35. The number of likely N-dealkylation sites (tertiary alicyclic amines) is 1. The lowest BCUT2D eigenvalue weighted by molar-refractivity contribution is -0.142. The second-order valence-corrected chi connectivity index (χ2v) is 8.36. The summed E-state index contributed by atoms with van der Waals surface area (Å²) in [6.45, 7) is 1.63. The van der Waals surface area contributed by atoms with Crippen molar-refractivity contribution in [3.8, 4) is 0 Å². The molecule has 1 aromatic rings. The van der Waals surface area contributed by atoms with Gasteiger partial charge in [-0.3, -0.25) is 19.3 Å². The average Bonchev–Trinajstić information content (AvgIpc) is 3.39. The van der Waals surface area contributed by atoms with E-state index in [2.05, 4.69) is 17.5 Å². The largest absolute Gasteiger partial charge is 0.324 e. The van der Waals surface area contributed by atoms with Crippen molar-refractivity contribution in [1.82, 2.24) is 4.90 Å². The van der Waals surface area contributed by atoms with Crippen LogP contribution in [-0.4, -0.2) is 29.2 Å². The molecule has 0 unspecified atom stereocenters. The molecule has 26 heavy (non-hydrogen) atoms. The van der Waals surface area contributed by atoms with Crippen molar-refractivity contribution in [2.24, 2.45) is 35.5 Å². The maximum atomic E-state index is 12.9. The van der Waals surface area contributed by atoms with E-state index in [1.54, 1.807) is 12.1 Å². The SMILES string of the molecule is Cc1ccc(Cl)cc1NC(=O)CN1C(=O)[C@@H]2[C@H]3C=C[C@H]([C@H]4C[C@H]34)[C@@H]2C1=O. The number of halogens is 1. The van der Waals surface area contributed by atoms with Crippen LogP contribution in [0.1, 0.15) is 12.0 Å². The molecule has 0 radical (unpaired) electrons. The lowest BCUT2D eigenvalue weighted by atomic mass is 9.63. The minimum absolute atomic E-state index is 0.176. The second-order valence-electron chi connectivity index (χ2n) is 7.92. The molecular formula is C20H19ClN2O3. The molecule has 1 aromatic carbocycles. The molecule has 6 rings (SSSR count). The Labute approximate surface area is 156 Å². The van der Waals surface area contributed by atoms with Crippen LogP contribution in [0, 0.1) is 42.4 Å².